The molecule has 0 atom stereocenters. The van der Waals surface area contributed by atoms with Gasteiger partial charge in [-0.15, -0.1) is 0 Å². The van der Waals surface area contributed by atoms with Crippen LogP contribution in [0.2, 0.25) is 0 Å². The van der Waals surface area contributed by atoms with Gasteiger partial charge in [0.05, 0.1) is 18.3 Å². The van der Waals surface area contributed by atoms with E-state index in [1.54, 1.807) is 11.6 Å². The highest BCUT2D eigenvalue weighted by molar-refractivity contribution is 7.15. The molecule has 9 heteroatoms. The fraction of sp³-hybridized carbons (Fsp3) is 0.429. The molecule has 1 fully saturated rings. The van der Waals surface area contributed by atoms with Gasteiger partial charge < -0.3 is 15.4 Å². The number of fused-ring (bicyclic) bond motifs is 1. The van der Waals surface area contributed by atoms with Gasteiger partial charge in [-0.05, 0) is 23.8 Å². The van der Waals surface area contributed by atoms with Crippen molar-refractivity contribution in [3.63, 3.8) is 0 Å². The van der Waals surface area contributed by atoms with E-state index in [2.05, 4.69) is 15.4 Å². The lowest BCUT2D eigenvalue weighted by Crippen LogP contribution is -2.08. The average Bonchev–Trinajstić information content (AvgIpc) is 3.27. The number of anilines is 1. The molecule has 0 bridgehead atoms. The zero-order valence-corrected chi connectivity index (χ0v) is 13.2. The summed E-state index contributed by atoms with van der Waals surface area (Å²) in [5.41, 5.74) is 0.863. The summed E-state index contributed by atoms with van der Waals surface area (Å²) in [5.74, 6) is 0.258. The molecule has 8 nitrogen and oxygen atoms in total. The van der Waals surface area contributed by atoms with Crippen LogP contribution in [0.1, 0.15) is 37.4 Å². The Kier molecular flexibility index (Phi) is 3.49. The van der Waals surface area contributed by atoms with Gasteiger partial charge in [-0.25, -0.2) is 0 Å². The maximum atomic E-state index is 11.3. The summed E-state index contributed by atoms with van der Waals surface area (Å²) in [7, 11) is 0. The summed E-state index contributed by atoms with van der Waals surface area (Å²) in [6, 6.07) is 2.45. The fourth-order valence-corrected chi connectivity index (χ4v) is 3.79. The van der Waals surface area contributed by atoms with Crippen LogP contribution in [0.4, 0.5) is 11.6 Å². The maximum Gasteiger partial charge on any atom is 0.372 e. The van der Waals surface area contributed by atoms with Crippen molar-refractivity contribution in [1.82, 2.24) is 19.2 Å². The molecule has 1 aliphatic rings. The van der Waals surface area contributed by atoms with E-state index in [9.17, 15) is 10.1 Å². The SMILES string of the molecule is O=[N+]([O-])c1c(NCc2ccn(C3CCCC3)n2)nc2sccn12. The van der Waals surface area contributed by atoms with Crippen LogP contribution in [0.5, 0.6) is 0 Å². The van der Waals surface area contributed by atoms with Crippen molar-refractivity contribution in [1.29, 1.82) is 0 Å². The Morgan fingerprint density at radius 3 is 3.00 bits per heavy atom. The van der Waals surface area contributed by atoms with Gasteiger partial charge >= 0.3 is 5.82 Å². The van der Waals surface area contributed by atoms with E-state index in [-0.39, 0.29) is 11.6 Å². The first-order valence-electron chi connectivity index (χ1n) is 7.60. The minimum absolute atomic E-state index is 0.0310. The van der Waals surface area contributed by atoms with Crippen molar-refractivity contribution in [2.75, 3.05) is 5.32 Å². The van der Waals surface area contributed by atoms with Crippen LogP contribution in [0.3, 0.4) is 0 Å². The first kappa shape index (κ1) is 14.2. The van der Waals surface area contributed by atoms with Gasteiger partial charge in [0.2, 0.25) is 5.82 Å². The number of hydrogen-bond donors (Lipinski definition) is 1. The first-order valence-corrected chi connectivity index (χ1v) is 8.48. The number of nitrogens with zero attached hydrogens (tertiary/aromatic N) is 5. The molecule has 0 saturated heterocycles. The average molecular weight is 332 g/mol. The summed E-state index contributed by atoms with van der Waals surface area (Å²) in [6.07, 6.45) is 8.53. The van der Waals surface area contributed by atoms with Crippen molar-refractivity contribution >= 4 is 27.9 Å². The molecule has 1 N–H and O–H groups in total. The second-order valence-corrected chi connectivity index (χ2v) is 6.55. The van der Waals surface area contributed by atoms with Crippen LogP contribution in [-0.2, 0) is 6.54 Å². The predicted molar refractivity (Wildman–Crippen MR) is 86.8 cm³/mol. The van der Waals surface area contributed by atoms with E-state index in [4.69, 9.17) is 0 Å². The number of nitro groups is 1. The van der Waals surface area contributed by atoms with Crippen molar-refractivity contribution in [3.8, 4) is 0 Å². The first-order chi connectivity index (χ1) is 11.2. The molecule has 3 aromatic heterocycles. The Morgan fingerprint density at radius 2 is 2.22 bits per heavy atom. The highest BCUT2D eigenvalue weighted by Crippen LogP contribution is 2.30. The lowest BCUT2D eigenvalue weighted by Gasteiger charge is -2.08. The molecule has 0 radical (unpaired) electrons. The van der Waals surface area contributed by atoms with Crippen LogP contribution < -0.4 is 5.32 Å². The summed E-state index contributed by atoms with van der Waals surface area (Å²) >= 11 is 1.37. The van der Waals surface area contributed by atoms with Gasteiger partial charge in [0.25, 0.3) is 4.96 Å². The molecule has 3 heterocycles. The molecule has 1 aliphatic carbocycles. The molecule has 0 amide bonds. The molecule has 23 heavy (non-hydrogen) atoms. The molecule has 0 spiro atoms. The van der Waals surface area contributed by atoms with Crippen molar-refractivity contribution in [2.45, 2.75) is 38.3 Å². The molecule has 4 rings (SSSR count). The monoisotopic (exact) mass is 332 g/mol. The highest BCUT2D eigenvalue weighted by Gasteiger charge is 2.23. The molecular formula is C14H16N6O2S. The van der Waals surface area contributed by atoms with E-state index in [0.29, 0.717) is 17.5 Å². The van der Waals surface area contributed by atoms with Crippen molar-refractivity contribution < 1.29 is 4.92 Å². The number of hydrogen-bond acceptors (Lipinski definition) is 6. The van der Waals surface area contributed by atoms with Crippen LogP contribution >= 0.6 is 11.3 Å². The van der Waals surface area contributed by atoms with E-state index >= 15 is 0 Å². The van der Waals surface area contributed by atoms with Gasteiger partial charge in [-0.2, -0.15) is 14.5 Å². The lowest BCUT2D eigenvalue weighted by molar-refractivity contribution is -0.389. The minimum atomic E-state index is -0.411. The third-order valence-electron chi connectivity index (χ3n) is 4.21. The number of thiazole rings is 1. The van der Waals surface area contributed by atoms with Crippen LogP contribution in [-0.4, -0.2) is 24.1 Å². The standard InChI is InChI=1S/C14H16N6O2S/c21-20(22)13-12(16-14-18(13)7-8-23-14)15-9-10-5-6-19(17-10)11-3-1-2-4-11/h5-8,11,15H,1-4,9H2. The number of rotatable bonds is 5. The summed E-state index contributed by atoms with van der Waals surface area (Å²) in [5, 5.41) is 20.7. The van der Waals surface area contributed by atoms with E-state index in [1.807, 2.05) is 16.9 Å². The molecule has 1 saturated carbocycles. The van der Waals surface area contributed by atoms with E-state index < -0.39 is 4.92 Å². The quantitative estimate of drug-likeness (QED) is 0.572. The second-order valence-electron chi connectivity index (χ2n) is 5.68. The van der Waals surface area contributed by atoms with Crippen LogP contribution in [0, 0.1) is 10.1 Å². The molecule has 3 aromatic rings. The van der Waals surface area contributed by atoms with Gasteiger partial charge in [0.15, 0.2) is 0 Å². The molecular weight excluding hydrogens is 316 g/mol. The highest BCUT2D eigenvalue weighted by atomic mass is 32.1. The Labute approximate surface area is 135 Å². The van der Waals surface area contributed by atoms with Gasteiger partial charge in [-0.3, -0.25) is 4.68 Å². The second kappa shape index (κ2) is 5.65. The lowest BCUT2D eigenvalue weighted by atomic mass is 10.3. The molecule has 0 aromatic carbocycles. The zero-order valence-electron chi connectivity index (χ0n) is 12.4. The van der Waals surface area contributed by atoms with Crippen molar-refractivity contribution in [2.24, 2.45) is 0 Å². The summed E-state index contributed by atoms with van der Waals surface area (Å²) < 4.78 is 3.51. The Bertz CT molecular complexity index is 845. The smallest absolute Gasteiger partial charge is 0.358 e. The summed E-state index contributed by atoms with van der Waals surface area (Å²) in [6.45, 7) is 0.422. The molecule has 0 aliphatic heterocycles. The largest absolute Gasteiger partial charge is 0.372 e. The molecule has 0 unspecified atom stereocenters. The minimum Gasteiger partial charge on any atom is -0.358 e. The zero-order chi connectivity index (χ0) is 15.8. The number of imidazole rings is 1. The Morgan fingerprint density at radius 1 is 1.39 bits per heavy atom. The topological polar surface area (TPSA) is 90.3 Å². The normalized spacial score (nSPS) is 15.5. The van der Waals surface area contributed by atoms with Gasteiger partial charge in [-0.1, -0.05) is 24.2 Å². The summed E-state index contributed by atoms with van der Waals surface area (Å²) in [4.78, 5) is 15.8. The van der Waals surface area contributed by atoms with Gasteiger partial charge in [0, 0.05) is 11.6 Å². The Balaban J connectivity index is 1.51. The van der Waals surface area contributed by atoms with Gasteiger partial charge in [0.1, 0.15) is 6.20 Å². The van der Waals surface area contributed by atoms with Crippen LogP contribution in [0.25, 0.3) is 4.96 Å². The molecule has 120 valence electrons. The van der Waals surface area contributed by atoms with Crippen LogP contribution in [0.15, 0.2) is 23.8 Å². The maximum absolute atomic E-state index is 11.3. The van der Waals surface area contributed by atoms with Crippen molar-refractivity contribution in [3.05, 3.63) is 39.6 Å². The Hall–Kier alpha value is -2.42. The van der Waals surface area contributed by atoms with E-state index in [0.717, 1.165) is 5.69 Å². The third kappa shape index (κ3) is 2.56. The third-order valence-corrected chi connectivity index (χ3v) is 4.97. The van der Waals surface area contributed by atoms with E-state index in [1.165, 1.54) is 41.4 Å². The fourth-order valence-electron chi connectivity index (χ4n) is 3.08. The number of aromatic nitrogens is 4. The number of nitrogens with one attached hydrogen (secondary N) is 1. The predicted octanol–water partition coefficient (Wildman–Crippen LogP) is 3.23.